The average molecular weight is 763 g/mol. The van der Waals surface area contributed by atoms with E-state index >= 15 is 0 Å². The van der Waals surface area contributed by atoms with Crippen molar-refractivity contribution in [1.29, 1.82) is 0 Å². The summed E-state index contributed by atoms with van der Waals surface area (Å²) in [5.41, 5.74) is 9.13. The van der Waals surface area contributed by atoms with Crippen molar-refractivity contribution >= 4 is 76.2 Å². The maximum atomic E-state index is 5.41. The Kier molecular flexibility index (Phi) is 7.96. The molecule has 0 saturated carbocycles. The molecule has 11 aromatic rings. The van der Waals surface area contributed by atoms with Crippen molar-refractivity contribution in [2.75, 3.05) is 0 Å². The molecule has 0 radical (unpaired) electrons. The van der Waals surface area contributed by atoms with Crippen LogP contribution in [0.25, 0.3) is 92.6 Å². The quantitative estimate of drug-likeness (QED) is 0.137. The van der Waals surface area contributed by atoms with Crippen molar-refractivity contribution in [3.8, 4) is 22.3 Å². The fourth-order valence-corrected chi connectivity index (χ4v) is 9.58. The number of hydrogen-bond acceptors (Lipinski definition) is 2. The number of benzene rings is 11. The molecule has 1 heterocycles. The van der Waals surface area contributed by atoms with E-state index < -0.39 is 0 Å². The second kappa shape index (κ2) is 13.9. The first-order valence-electron chi connectivity index (χ1n) is 20.7. The minimum atomic E-state index is -0.113. The third-order valence-corrected chi connectivity index (χ3v) is 12.5. The minimum absolute atomic E-state index is 0.113. The molecule has 1 N–H and O–H groups in total. The summed E-state index contributed by atoms with van der Waals surface area (Å²) in [7, 11) is 0. The molecule has 0 bridgehead atoms. The van der Waals surface area contributed by atoms with E-state index in [1.54, 1.807) is 0 Å². The van der Waals surface area contributed by atoms with Crippen LogP contribution in [0.2, 0.25) is 0 Å². The summed E-state index contributed by atoms with van der Waals surface area (Å²) < 4.78 is 0. The number of aliphatic imine (C=N–C) groups is 1. The van der Waals surface area contributed by atoms with E-state index in [9.17, 15) is 0 Å². The van der Waals surface area contributed by atoms with Crippen molar-refractivity contribution in [2.45, 2.75) is 6.04 Å². The van der Waals surface area contributed by atoms with Crippen LogP contribution in [0.4, 0.5) is 0 Å². The fourth-order valence-electron chi connectivity index (χ4n) is 9.58. The van der Waals surface area contributed by atoms with Gasteiger partial charge in [-0.15, -0.1) is 0 Å². The van der Waals surface area contributed by atoms with Gasteiger partial charge in [0, 0.05) is 11.1 Å². The molecule has 2 heteroatoms. The van der Waals surface area contributed by atoms with E-state index in [0.717, 1.165) is 22.7 Å². The van der Waals surface area contributed by atoms with Gasteiger partial charge >= 0.3 is 0 Å². The lowest BCUT2D eigenvalue weighted by Crippen LogP contribution is -2.31. The van der Waals surface area contributed by atoms with E-state index in [2.05, 4.69) is 224 Å². The Morgan fingerprint density at radius 2 is 0.867 bits per heavy atom. The van der Waals surface area contributed by atoms with Crippen LogP contribution in [0, 0.1) is 0 Å². The van der Waals surface area contributed by atoms with Gasteiger partial charge in [0.1, 0.15) is 5.84 Å². The van der Waals surface area contributed by atoms with Crippen LogP contribution in [-0.4, -0.2) is 5.84 Å². The Labute approximate surface area is 348 Å². The molecule has 1 atom stereocenters. The van der Waals surface area contributed by atoms with Crippen LogP contribution < -0.4 is 5.32 Å². The normalized spacial score (nSPS) is 14.2. The van der Waals surface area contributed by atoms with E-state index in [0.29, 0.717) is 0 Å². The second-order valence-corrected chi connectivity index (χ2v) is 15.9. The van der Waals surface area contributed by atoms with Gasteiger partial charge in [0.05, 0.1) is 11.7 Å². The summed E-state index contributed by atoms with van der Waals surface area (Å²) in [6.07, 6.45) is 2.29. The standard InChI is InChI=1S/C58H38N2/c1-2-12-37(13-3-1)46-18-10-11-21-52(46)56-36-55(44-29-30-48-43(34-44)28-32-50-45-17-7-4-14-38(45)26-31-51(48)50)59-58(60-56)41-24-22-40(23-25-41)57-49-20-9-6-16-42(49)35-54-47-19-8-5-15-39(47)27-33-53(54)57/h1-36,56H,(H,59,60). The molecule has 1 aliphatic heterocycles. The van der Waals surface area contributed by atoms with Gasteiger partial charge in [-0.25, -0.2) is 4.99 Å². The Morgan fingerprint density at radius 3 is 1.63 bits per heavy atom. The van der Waals surface area contributed by atoms with Crippen molar-refractivity contribution in [3.05, 3.63) is 235 Å². The summed E-state index contributed by atoms with van der Waals surface area (Å²) in [4.78, 5) is 5.41. The summed E-state index contributed by atoms with van der Waals surface area (Å²) in [6.45, 7) is 0. The summed E-state index contributed by atoms with van der Waals surface area (Å²) in [5, 5.41) is 19.0. The summed E-state index contributed by atoms with van der Waals surface area (Å²) in [5.74, 6) is 0.853. The molecule has 1 aliphatic rings. The Morgan fingerprint density at radius 1 is 0.333 bits per heavy atom. The number of nitrogens with one attached hydrogen (secondary N) is 1. The highest BCUT2D eigenvalue weighted by molar-refractivity contribution is 6.20. The van der Waals surface area contributed by atoms with Crippen LogP contribution in [0.15, 0.2) is 223 Å². The minimum Gasteiger partial charge on any atom is -0.359 e. The molecule has 0 fully saturated rings. The molecule has 2 nitrogen and oxygen atoms in total. The van der Waals surface area contributed by atoms with Crippen molar-refractivity contribution in [2.24, 2.45) is 4.99 Å². The number of nitrogens with zero attached hydrogens (tertiary/aromatic N) is 1. The number of hydrogen-bond donors (Lipinski definition) is 1. The lowest BCUT2D eigenvalue weighted by molar-refractivity contribution is 0.782. The second-order valence-electron chi connectivity index (χ2n) is 15.9. The molecule has 0 aliphatic carbocycles. The Bertz CT molecular complexity index is 3560. The first-order valence-corrected chi connectivity index (χ1v) is 20.7. The van der Waals surface area contributed by atoms with Gasteiger partial charge in [-0.2, -0.15) is 0 Å². The SMILES string of the molecule is C1=C(c2ccc3c(ccc4c5ccccc5ccc34)c2)N=C(c2ccc(-c3c4ccccc4cc4c3ccc3ccccc34)cc2)NC1c1ccccc1-c1ccccc1. The van der Waals surface area contributed by atoms with E-state index in [1.807, 2.05) is 0 Å². The zero-order valence-corrected chi connectivity index (χ0v) is 32.8. The topological polar surface area (TPSA) is 24.4 Å². The van der Waals surface area contributed by atoms with Crippen LogP contribution in [-0.2, 0) is 0 Å². The fraction of sp³-hybridized carbons (Fsp3) is 0.0172. The lowest BCUT2D eigenvalue weighted by atomic mass is 9.89. The first-order chi connectivity index (χ1) is 29.7. The molecular weight excluding hydrogens is 725 g/mol. The maximum Gasteiger partial charge on any atom is 0.134 e. The maximum absolute atomic E-state index is 5.41. The van der Waals surface area contributed by atoms with Gasteiger partial charge in [0.25, 0.3) is 0 Å². The zero-order chi connectivity index (χ0) is 39.6. The van der Waals surface area contributed by atoms with Gasteiger partial charge in [-0.05, 0) is 111 Å². The van der Waals surface area contributed by atoms with E-state index in [4.69, 9.17) is 4.99 Å². The Balaban J connectivity index is 0.995. The number of fused-ring (bicyclic) bond motifs is 9. The smallest absolute Gasteiger partial charge is 0.134 e. The van der Waals surface area contributed by atoms with Crippen molar-refractivity contribution < 1.29 is 0 Å². The van der Waals surface area contributed by atoms with Crippen LogP contribution in [0.5, 0.6) is 0 Å². The first kappa shape index (κ1) is 34.3. The van der Waals surface area contributed by atoms with E-state index in [1.165, 1.54) is 92.5 Å². The highest BCUT2D eigenvalue weighted by Crippen LogP contribution is 2.41. The predicted octanol–water partition coefficient (Wildman–Crippen LogP) is 15.1. The summed E-state index contributed by atoms with van der Waals surface area (Å²) >= 11 is 0. The molecule has 0 spiro atoms. The number of amidine groups is 1. The highest BCUT2D eigenvalue weighted by atomic mass is 15.0. The van der Waals surface area contributed by atoms with Gasteiger partial charge in [0.15, 0.2) is 0 Å². The van der Waals surface area contributed by atoms with Gasteiger partial charge in [0.2, 0.25) is 0 Å². The zero-order valence-electron chi connectivity index (χ0n) is 32.8. The van der Waals surface area contributed by atoms with Gasteiger partial charge < -0.3 is 5.32 Å². The predicted molar refractivity (Wildman–Crippen MR) is 256 cm³/mol. The Hall–Kier alpha value is -7.81. The molecule has 280 valence electrons. The van der Waals surface area contributed by atoms with E-state index in [-0.39, 0.29) is 6.04 Å². The molecule has 0 amide bonds. The van der Waals surface area contributed by atoms with Crippen LogP contribution in [0.1, 0.15) is 22.7 Å². The summed E-state index contributed by atoms with van der Waals surface area (Å²) in [6, 6.07) is 77.2. The van der Waals surface area contributed by atoms with Gasteiger partial charge in [-0.3, -0.25) is 0 Å². The van der Waals surface area contributed by atoms with Crippen LogP contribution in [0.3, 0.4) is 0 Å². The largest absolute Gasteiger partial charge is 0.359 e. The molecule has 11 aromatic carbocycles. The highest BCUT2D eigenvalue weighted by Gasteiger charge is 2.23. The van der Waals surface area contributed by atoms with Crippen molar-refractivity contribution in [3.63, 3.8) is 0 Å². The third kappa shape index (κ3) is 5.68. The number of rotatable bonds is 5. The average Bonchev–Trinajstić information content (AvgIpc) is 3.33. The third-order valence-electron chi connectivity index (χ3n) is 12.5. The lowest BCUT2D eigenvalue weighted by Gasteiger charge is -2.26. The molecule has 0 saturated heterocycles. The van der Waals surface area contributed by atoms with Crippen LogP contribution >= 0.6 is 0 Å². The molecule has 1 unspecified atom stereocenters. The molecule has 60 heavy (non-hydrogen) atoms. The molecule has 12 rings (SSSR count). The molecule has 0 aromatic heterocycles. The van der Waals surface area contributed by atoms with Crippen molar-refractivity contribution in [1.82, 2.24) is 5.32 Å². The monoisotopic (exact) mass is 762 g/mol. The van der Waals surface area contributed by atoms with Gasteiger partial charge in [-0.1, -0.05) is 200 Å². The molecular formula is C58H38N2.